The minimum Gasteiger partial charge on any atom is -0.363 e. The monoisotopic (exact) mass is 309 g/mol. The maximum Gasteiger partial charge on any atom is 0.401 e. The minimum absolute atomic E-state index is 0.211. The number of carbonyl (C=O) groups excluding carboxylic acids is 1. The Balaban J connectivity index is 1.88. The van der Waals surface area contributed by atoms with Gasteiger partial charge in [-0.05, 0) is 0 Å². The van der Waals surface area contributed by atoms with Gasteiger partial charge in [0, 0.05) is 33.2 Å². The van der Waals surface area contributed by atoms with E-state index in [1.54, 1.807) is 7.05 Å². The van der Waals surface area contributed by atoms with Crippen LogP contribution in [0.2, 0.25) is 0 Å². The lowest BCUT2D eigenvalue weighted by Gasteiger charge is -2.34. The van der Waals surface area contributed by atoms with Crippen LogP contribution >= 0.6 is 11.3 Å². The molecule has 0 bridgehead atoms. The number of hydrogen-bond donors (Lipinski definition) is 1. The second kappa shape index (κ2) is 5.92. The standard InChI is InChI=1S/C10H14F3N5OS/c1-14-9-16-15-7(20-9)8(19)18-4-2-17(3-5-18)6-10(11,12)13/h2-6H2,1H3,(H,14,16). The molecule has 20 heavy (non-hydrogen) atoms. The number of alkyl halides is 3. The van der Waals surface area contributed by atoms with Gasteiger partial charge in [-0.3, -0.25) is 9.69 Å². The summed E-state index contributed by atoms with van der Waals surface area (Å²) in [5.41, 5.74) is 0. The highest BCUT2D eigenvalue weighted by molar-refractivity contribution is 7.17. The number of amides is 1. The number of carbonyl (C=O) groups is 1. The van der Waals surface area contributed by atoms with Gasteiger partial charge in [0.05, 0.1) is 6.54 Å². The van der Waals surface area contributed by atoms with Crippen LogP contribution in [0.5, 0.6) is 0 Å². The van der Waals surface area contributed by atoms with Gasteiger partial charge in [-0.2, -0.15) is 13.2 Å². The van der Waals surface area contributed by atoms with Crippen molar-refractivity contribution >= 4 is 22.4 Å². The quantitative estimate of drug-likeness (QED) is 0.899. The third kappa shape index (κ3) is 3.79. The number of anilines is 1. The lowest BCUT2D eigenvalue weighted by atomic mass is 10.3. The van der Waals surface area contributed by atoms with Gasteiger partial charge in [0.1, 0.15) is 0 Å². The van der Waals surface area contributed by atoms with Gasteiger partial charge in [0.2, 0.25) is 10.1 Å². The zero-order chi connectivity index (χ0) is 14.8. The summed E-state index contributed by atoms with van der Waals surface area (Å²) in [6.45, 7) is 0.0242. The van der Waals surface area contributed by atoms with E-state index in [9.17, 15) is 18.0 Å². The number of nitrogens with one attached hydrogen (secondary N) is 1. The first-order valence-electron chi connectivity index (χ1n) is 5.98. The Morgan fingerprint density at radius 1 is 1.30 bits per heavy atom. The summed E-state index contributed by atoms with van der Waals surface area (Å²) in [6.07, 6.45) is -4.20. The van der Waals surface area contributed by atoms with Crippen LogP contribution in [0.3, 0.4) is 0 Å². The fourth-order valence-electron chi connectivity index (χ4n) is 1.91. The average molecular weight is 309 g/mol. The van der Waals surface area contributed by atoms with Crippen LogP contribution < -0.4 is 5.32 Å². The second-order valence-electron chi connectivity index (χ2n) is 4.35. The van der Waals surface area contributed by atoms with Crippen LogP contribution in [0, 0.1) is 0 Å². The molecule has 1 fully saturated rings. The lowest BCUT2D eigenvalue weighted by Crippen LogP contribution is -2.50. The molecule has 1 aliphatic rings. The number of nitrogens with zero attached hydrogens (tertiary/aromatic N) is 4. The Hall–Kier alpha value is -1.42. The molecule has 0 spiro atoms. The molecular weight excluding hydrogens is 295 g/mol. The molecule has 0 aliphatic carbocycles. The molecule has 112 valence electrons. The molecule has 2 heterocycles. The Bertz CT molecular complexity index is 470. The Labute approximate surface area is 117 Å². The molecule has 1 aromatic heterocycles. The highest BCUT2D eigenvalue weighted by atomic mass is 32.1. The van der Waals surface area contributed by atoms with Gasteiger partial charge in [0.25, 0.3) is 5.91 Å². The van der Waals surface area contributed by atoms with Crippen molar-refractivity contribution in [1.82, 2.24) is 20.0 Å². The van der Waals surface area contributed by atoms with E-state index >= 15 is 0 Å². The number of aromatic nitrogens is 2. The third-order valence-corrected chi connectivity index (χ3v) is 3.81. The highest BCUT2D eigenvalue weighted by Crippen LogP contribution is 2.19. The minimum atomic E-state index is -4.20. The van der Waals surface area contributed by atoms with Crippen molar-refractivity contribution in [1.29, 1.82) is 0 Å². The molecule has 1 saturated heterocycles. The van der Waals surface area contributed by atoms with Crippen molar-refractivity contribution in [2.45, 2.75) is 6.18 Å². The van der Waals surface area contributed by atoms with Gasteiger partial charge >= 0.3 is 6.18 Å². The van der Waals surface area contributed by atoms with E-state index in [1.807, 2.05) is 0 Å². The van der Waals surface area contributed by atoms with Crippen LogP contribution in [0.25, 0.3) is 0 Å². The summed E-state index contributed by atoms with van der Waals surface area (Å²) in [5, 5.41) is 11.1. The summed E-state index contributed by atoms with van der Waals surface area (Å²) < 4.78 is 36.8. The molecule has 1 amide bonds. The zero-order valence-electron chi connectivity index (χ0n) is 10.8. The molecule has 0 radical (unpaired) electrons. The first-order valence-corrected chi connectivity index (χ1v) is 6.80. The van der Waals surface area contributed by atoms with E-state index in [0.29, 0.717) is 5.13 Å². The summed E-state index contributed by atoms with van der Waals surface area (Å²) in [7, 11) is 1.67. The maximum atomic E-state index is 12.3. The Morgan fingerprint density at radius 3 is 2.45 bits per heavy atom. The van der Waals surface area contributed by atoms with E-state index in [2.05, 4.69) is 15.5 Å². The number of piperazine rings is 1. The lowest BCUT2D eigenvalue weighted by molar-refractivity contribution is -0.148. The molecule has 0 aromatic carbocycles. The second-order valence-corrected chi connectivity index (χ2v) is 5.32. The van der Waals surface area contributed by atoms with Crippen molar-refractivity contribution < 1.29 is 18.0 Å². The molecule has 2 rings (SSSR count). The normalized spacial score (nSPS) is 17.3. The summed E-state index contributed by atoms with van der Waals surface area (Å²) in [6, 6.07) is 0. The fraction of sp³-hybridized carbons (Fsp3) is 0.700. The SMILES string of the molecule is CNc1nnc(C(=O)N2CCN(CC(F)(F)F)CC2)s1. The van der Waals surface area contributed by atoms with Crippen LogP contribution in [0.1, 0.15) is 9.80 Å². The third-order valence-electron chi connectivity index (χ3n) is 2.88. The van der Waals surface area contributed by atoms with E-state index in [0.717, 1.165) is 11.3 Å². The van der Waals surface area contributed by atoms with Crippen LogP contribution in [0.15, 0.2) is 0 Å². The molecule has 0 saturated carbocycles. The van der Waals surface area contributed by atoms with Gasteiger partial charge in [-0.25, -0.2) is 0 Å². The number of halogens is 3. The van der Waals surface area contributed by atoms with Crippen molar-refractivity contribution in [3.05, 3.63) is 5.01 Å². The highest BCUT2D eigenvalue weighted by Gasteiger charge is 2.33. The Morgan fingerprint density at radius 2 is 1.95 bits per heavy atom. The zero-order valence-corrected chi connectivity index (χ0v) is 11.6. The van der Waals surface area contributed by atoms with E-state index < -0.39 is 12.7 Å². The fourth-order valence-corrected chi connectivity index (χ4v) is 2.57. The topological polar surface area (TPSA) is 61.4 Å². The van der Waals surface area contributed by atoms with Crippen molar-refractivity contribution in [2.24, 2.45) is 0 Å². The predicted molar refractivity (Wildman–Crippen MR) is 67.9 cm³/mol. The van der Waals surface area contributed by atoms with Crippen LogP contribution in [-0.4, -0.2) is 71.9 Å². The molecule has 1 N–H and O–H groups in total. The van der Waals surface area contributed by atoms with Crippen LogP contribution in [0.4, 0.5) is 18.3 Å². The van der Waals surface area contributed by atoms with Gasteiger partial charge in [-0.15, -0.1) is 10.2 Å². The van der Waals surface area contributed by atoms with E-state index in [4.69, 9.17) is 0 Å². The molecular formula is C10H14F3N5OS. The maximum absolute atomic E-state index is 12.3. The van der Waals surface area contributed by atoms with Gasteiger partial charge < -0.3 is 10.2 Å². The van der Waals surface area contributed by atoms with Crippen molar-refractivity contribution in [3.63, 3.8) is 0 Å². The molecule has 1 aliphatic heterocycles. The first kappa shape index (κ1) is 15.0. The molecule has 10 heteroatoms. The van der Waals surface area contributed by atoms with Crippen LogP contribution in [-0.2, 0) is 0 Å². The number of rotatable bonds is 3. The summed E-state index contributed by atoms with van der Waals surface area (Å²) in [4.78, 5) is 14.9. The van der Waals surface area contributed by atoms with E-state index in [-0.39, 0.29) is 37.1 Å². The molecule has 0 unspecified atom stereocenters. The summed E-state index contributed by atoms with van der Waals surface area (Å²) in [5.74, 6) is -0.282. The van der Waals surface area contributed by atoms with Gasteiger partial charge in [-0.1, -0.05) is 11.3 Å². The molecule has 0 atom stereocenters. The predicted octanol–water partition coefficient (Wildman–Crippen LogP) is 0.900. The smallest absolute Gasteiger partial charge is 0.363 e. The number of hydrogen-bond acceptors (Lipinski definition) is 6. The largest absolute Gasteiger partial charge is 0.401 e. The molecule has 1 aromatic rings. The summed E-state index contributed by atoms with van der Waals surface area (Å²) >= 11 is 1.13. The first-order chi connectivity index (χ1) is 9.39. The Kier molecular flexibility index (Phi) is 4.43. The van der Waals surface area contributed by atoms with Crippen molar-refractivity contribution in [3.8, 4) is 0 Å². The van der Waals surface area contributed by atoms with E-state index in [1.165, 1.54) is 9.80 Å². The molecule has 6 nitrogen and oxygen atoms in total. The van der Waals surface area contributed by atoms with Gasteiger partial charge in [0.15, 0.2) is 0 Å². The van der Waals surface area contributed by atoms with Crippen molar-refractivity contribution in [2.75, 3.05) is 45.1 Å². The average Bonchev–Trinajstić information content (AvgIpc) is 2.85.